The normalized spacial score (nSPS) is 10.6. The molecule has 94 valence electrons. The topological polar surface area (TPSA) is 45.6 Å². The number of carbonyl (C=O) groups is 2. The van der Waals surface area contributed by atoms with Crippen molar-refractivity contribution in [3.8, 4) is 0 Å². The van der Waals surface area contributed by atoms with Crippen LogP contribution in [0.15, 0.2) is 18.5 Å². The van der Waals surface area contributed by atoms with E-state index in [0.29, 0.717) is 5.56 Å². The third-order valence-corrected chi connectivity index (χ3v) is 2.47. The Labute approximate surface area is 102 Å². The van der Waals surface area contributed by atoms with Gasteiger partial charge in [0.05, 0.1) is 13.1 Å². The van der Waals surface area contributed by atoms with Gasteiger partial charge in [-0.1, -0.05) is 0 Å². The summed E-state index contributed by atoms with van der Waals surface area (Å²) in [7, 11) is 7.04. The van der Waals surface area contributed by atoms with Gasteiger partial charge in [-0.25, -0.2) is 0 Å². The van der Waals surface area contributed by atoms with Gasteiger partial charge in [0.25, 0.3) is 0 Å². The van der Waals surface area contributed by atoms with E-state index >= 15 is 0 Å². The summed E-state index contributed by atoms with van der Waals surface area (Å²) in [6, 6.07) is 1.78. The molecule has 1 aromatic heterocycles. The van der Waals surface area contributed by atoms with Crippen molar-refractivity contribution >= 4 is 11.7 Å². The van der Waals surface area contributed by atoms with Gasteiger partial charge in [-0.3, -0.25) is 14.5 Å². The first-order valence-electron chi connectivity index (χ1n) is 5.44. The van der Waals surface area contributed by atoms with Crippen LogP contribution in [0.3, 0.4) is 0 Å². The van der Waals surface area contributed by atoms with E-state index in [1.807, 2.05) is 17.8 Å². The Morgan fingerprint density at radius 1 is 1.24 bits per heavy atom. The molecular formula is C12H19N3O2. The van der Waals surface area contributed by atoms with E-state index in [9.17, 15) is 9.59 Å². The SMILES string of the molecule is CN(CC(=O)c1ccn(C)c1)CC(=O)N(C)C. The van der Waals surface area contributed by atoms with Crippen molar-refractivity contribution in [1.29, 1.82) is 0 Å². The van der Waals surface area contributed by atoms with Crippen LogP contribution in [0.2, 0.25) is 0 Å². The highest BCUT2D eigenvalue weighted by Crippen LogP contribution is 2.02. The van der Waals surface area contributed by atoms with Crippen LogP contribution in [0.25, 0.3) is 0 Å². The maximum atomic E-state index is 11.8. The molecule has 1 amide bonds. The van der Waals surface area contributed by atoms with Crippen LogP contribution >= 0.6 is 0 Å². The van der Waals surface area contributed by atoms with Gasteiger partial charge in [0.2, 0.25) is 5.91 Å². The molecule has 0 bridgehead atoms. The molecule has 0 aliphatic heterocycles. The highest BCUT2D eigenvalue weighted by molar-refractivity contribution is 5.97. The molecule has 1 aromatic rings. The average Bonchev–Trinajstić information content (AvgIpc) is 2.64. The van der Waals surface area contributed by atoms with Crippen LogP contribution in [0.1, 0.15) is 10.4 Å². The van der Waals surface area contributed by atoms with Crippen LogP contribution in [0.5, 0.6) is 0 Å². The third-order valence-electron chi connectivity index (χ3n) is 2.47. The Balaban J connectivity index is 2.49. The molecule has 0 fully saturated rings. The predicted octanol–water partition coefficient (Wildman–Crippen LogP) is 0.228. The second-order valence-corrected chi connectivity index (χ2v) is 4.45. The summed E-state index contributed by atoms with van der Waals surface area (Å²) in [6.07, 6.45) is 3.61. The molecular weight excluding hydrogens is 218 g/mol. The first-order chi connectivity index (χ1) is 7.90. The summed E-state index contributed by atoms with van der Waals surface area (Å²) >= 11 is 0. The number of aryl methyl sites for hydroxylation is 1. The fraction of sp³-hybridized carbons (Fsp3) is 0.500. The highest BCUT2D eigenvalue weighted by atomic mass is 16.2. The fourth-order valence-corrected chi connectivity index (χ4v) is 1.43. The lowest BCUT2D eigenvalue weighted by Gasteiger charge is -2.17. The van der Waals surface area contributed by atoms with E-state index in [1.165, 1.54) is 4.90 Å². The number of hydrogen-bond donors (Lipinski definition) is 0. The van der Waals surface area contributed by atoms with Crippen molar-refractivity contribution < 1.29 is 9.59 Å². The van der Waals surface area contributed by atoms with Gasteiger partial charge in [0.15, 0.2) is 5.78 Å². The molecule has 0 aliphatic carbocycles. The summed E-state index contributed by atoms with van der Waals surface area (Å²) in [5, 5.41) is 0. The molecule has 0 aromatic carbocycles. The molecule has 0 N–H and O–H groups in total. The number of ketones is 1. The van der Waals surface area contributed by atoms with Gasteiger partial charge in [0.1, 0.15) is 0 Å². The van der Waals surface area contributed by atoms with Gasteiger partial charge >= 0.3 is 0 Å². The van der Waals surface area contributed by atoms with Crippen molar-refractivity contribution in [3.05, 3.63) is 24.0 Å². The number of carbonyl (C=O) groups excluding carboxylic acids is 2. The van der Waals surface area contributed by atoms with Crippen LogP contribution < -0.4 is 0 Å². The molecule has 0 unspecified atom stereocenters. The van der Waals surface area contributed by atoms with E-state index in [2.05, 4.69) is 0 Å². The zero-order chi connectivity index (χ0) is 13.0. The van der Waals surface area contributed by atoms with Crippen molar-refractivity contribution in [2.45, 2.75) is 0 Å². The van der Waals surface area contributed by atoms with Gasteiger partial charge in [0, 0.05) is 39.1 Å². The minimum Gasteiger partial charge on any atom is -0.357 e. The number of likely N-dealkylation sites (N-methyl/N-ethyl adjacent to an activating group) is 2. The third kappa shape index (κ3) is 4.03. The Bertz CT molecular complexity index is 410. The van der Waals surface area contributed by atoms with Gasteiger partial charge < -0.3 is 9.47 Å². The standard InChI is InChI=1S/C12H19N3O2/c1-13(2)12(17)9-15(4)8-11(16)10-5-6-14(3)7-10/h5-7H,8-9H2,1-4H3. The lowest BCUT2D eigenvalue weighted by Crippen LogP contribution is -2.36. The Hall–Kier alpha value is -1.62. The number of amides is 1. The van der Waals surface area contributed by atoms with Gasteiger partial charge in [-0.15, -0.1) is 0 Å². The Kier molecular flexibility index (Phi) is 4.45. The average molecular weight is 237 g/mol. The number of nitrogens with zero attached hydrogens (tertiary/aromatic N) is 3. The van der Waals surface area contributed by atoms with Crippen LogP contribution in [-0.2, 0) is 11.8 Å². The zero-order valence-corrected chi connectivity index (χ0v) is 10.8. The van der Waals surface area contributed by atoms with Crippen molar-refractivity contribution in [2.24, 2.45) is 7.05 Å². The molecule has 0 saturated carbocycles. The van der Waals surface area contributed by atoms with Crippen molar-refractivity contribution in [2.75, 3.05) is 34.2 Å². The van der Waals surface area contributed by atoms with Crippen molar-refractivity contribution in [3.63, 3.8) is 0 Å². The van der Waals surface area contributed by atoms with Crippen LogP contribution in [0.4, 0.5) is 0 Å². The van der Waals surface area contributed by atoms with Crippen LogP contribution in [0, 0.1) is 0 Å². The van der Waals surface area contributed by atoms with Crippen LogP contribution in [-0.4, -0.2) is 60.3 Å². The van der Waals surface area contributed by atoms with E-state index < -0.39 is 0 Å². The molecule has 0 spiro atoms. The lowest BCUT2D eigenvalue weighted by molar-refractivity contribution is -0.129. The van der Waals surface area contributed by atoms with E-state index in [4.69, 9.17) is 0 Å². The number of hydrogen-bond acceptors (Lipinski definition) is 3. The minimum atomic E-state index is -0.00615. The molecule has 0 aliphatic rings. The summed E-state index contributed by atoms with van der Waals surface area (Å²) in [5.74, 6) is 0.0213. The zero-order valence-electron chi connectivity index (χ0n) is 10.8. The minimum absolute atomic E-state index is 0.00615. The molecule has 5 nitrogen and oxygen atoms in total. The largest absolute Gasteiger partial charge is 0.357 e. The smallest absolute Gasteiger partial charge is 0.236 e. The fourth-order valence-electron chi connectivity index (χ4n) is 1.43. The first-order valence-corrected chi connectivity index (χ1v) is 5.44. The Morgan fingerprint density at radius 2 is 1.88 bits per heavy atom. The predicted molar refractivity (Wildman–Crippen MR) is 65.9 cm³/mol. The van der Waals surface area contributed by atoms with E-state index in [-0.39, 0.29) is 24.8 Å². The maximum absolute atomic E-state index is 11.8. The molecule has 17 heavy (non-hydrogen) atoms. The summed E-state index contributed by atoms with van der Waals surface area (Å²) < 4.78 is 1.83. The summed E-state index contributed by atoms with van der Waals surface area (Å²) in [6.45, 7) is 0.509. The van der Waals surface area contributed by atoms with E-state index in [0.717, 1.165) is 0 Å². The number of rotatable bonds is 5. The monoisotopic (exact) mass is 237 g/mol. The quantitative estimate of drug-likeness (QED) is 0.689. The lowest BCUT2D eigenvalue weighted by atomic mass is 10.2. The molecule has 5 heteroatoms. The number of Topliss-reactive ketones (excluding diaryl/α,β-unsaturated/α-hetero) is 1. The summed E-state index contributed by atoms with van der Waals surface area (Å²) in [5.41, 5.74) is 0.677. The first kappa shape index (κ1) is 13.4. The molecule has 1 rings (SSSR count). The second-order valence-electron chi connectivity index (χ2n) is 4.45. The molecule has 0 radical (unpaired) electrons. The van der Waals surface area contributed by atoms with Crippen molar-refractivity contribution in [1.82, 2.24) is 14.4 Å². The Morgan fingerprint density at radius 3 is 2.35 bits per heavy atom. The van der Waals surface area contributed by atoms with Gasteiger partial charge in [-0.05, 0) is 13.1 Å². The summed E-state index contributed by atoms with van der Waals surface area (Å²) in [4.78, 5) is 26.5. The molecule has 1 heterocycles. The number of aromatic nitrogens is 1. The van der Waals surface area contributed by atoms with Gasteiger partial charge in [-0.2, -0.15) is 0 Å². The molecule has 0 saturated heterocycles. The maximum Gasteiger partial charge on any atom is 0.236 e. The van der Waals surface area contributed by atoms with E-state index in [1.54, 1.807) is 38.3 Å². The second kappa shape index (κ2) is 5.63. The molecule has 0 atom stereocenters. The highest BCUT2D eigenvalue weighted by Gasteiger charge is 2.13.